The standard InChI is InChI=1S/C17H20FNO3S/c1-13-8-15(10-16(18)9-13)12-19(23(3,20)21)11-14-4-6-17(22-2)7-5-14/h4-10H,11-12H2,1-3H3. The molecule has 0 N–H and O–H groups in total. The molecule has 6 heteroatoms. The Morgan fingerprint density at radius 1 is 1.04 bits per heavy atom. The Kier molecular flexibility index (Phi) is 5.38. The second-order valence-corrected chi connectivity index (χ2v) is 7.50. The third-order valence-corrected chi connectivity index (χ3v) is 4.64. The van der Waals surface area contributed by atoms with Crippen molar-refractivity contribution in [2.75, 3.05) is 13.4 Å². The zero-order chi connectivity index (χ0) is 17.0. The molecule has 2 aromatic rings. The molecule has 0 radical (unpaired) electrons. The third kappa shape index (κ3) is 5.04. The normalized spacial score (nSPS) is 11.7. The van der Waals surface area contributed by atoms with Crippen LogP contribution in [-0.4, -0.2) is 26.1 Å². The lowest BCUT2D eigenvalue weighted by molar-refractivity contribution is 0.401. The van der Waals surface area contributed by atoms with E-state index < -0.39 is 10.0 Å². The predicted molar refractivity (Wildman–Crippen MR) is 88.2 cm³/mol. The summed E-state index contributed by atoms with van der Waals surface area (Å²) in [5.41, 5.74) is 2.23. The van der Waals surface area contributed by atoms with E-state index in [0.29, 0.717) is 11.3 Å². The summed E-state index contributed by atoms with van der Waals surface area (Å²) in [4.78, 5) is 0. The van der Waals surface area contributed by atoms with Gasteiger partial charge in [-0.1, -0.05) is 18.2 Å². The number of ether oxygens (including phenoxy) is 1. The Morgan fingerprint density at radius 2 is 1.65 bits per heavy atom. The minimum Gasteiger partial charge on any atom is -0.497 e. The zero-order valence-corrected chi connectivity index (χ0v) is 14.2. The van der Waals surface area contributed by atoms with Gasteiger partial charge >= 0.3 is 0 Å². The number of nitrogens with zero attached hydrogens (tertiary/aromatic N) is 1. The van der Waals surface area contributed by atoms with Gasteiger partial charge in [0.25, 0.3) is 0 Å². The highest BCUT2D eigenvalue weighted by molar-refractivity contribution is 7.88. The van der Waals surface area contributed by atoms with Gasteiger partial charge in [-0.25, -0.2) is 12.8 Å². The molecular weight excluding hydrogens is 317 g/mol. The maximum Gasteiger partial charge on any atom is 0.211 e. The molecule has 124 valence electrons. The summed E-state index contributed by atoms with van der Waals surface area (Å²) >= 11 is 0. The molecule has 0 saturated carbocycles. The summed E-state index contributed by atoms with van der Waals surface area (Å²) in [6, 6.07) is 11.7. The van der Waals surface area contributed by atoms with Crippen molar-refractivity contribution >= 4 is 10.0 Å². The Bertz CT molecular complexity index is 753. The van der Waals surface area contributed by atoms with Crippen molar-refractivity contribution in [2.24, 2.45) is 0 Å². The number of benzene rings is 2. The fourth-order valence-electron chi connectivity index (χ4n) is 2.33. The van der Waals surface area contributed by atoms with E-state index in [4.69, 9.17) is 4.74 Å². The van der Waals surface area contributed by atoms with Gasteiger partial charge in [-0.2, -0.15) is 4.31 Å². The number of sulfonamides is 1. The third-order valence-electron chi connectivity index (χ3n) is 3.45. The molecule has 0 spiro atoms. The van der Waals surface area contributed by atoms with Gasteiger partial charge in [0.15, 0.2) is 0 Å². The monoisotopic (exact) mass is 337 g/mol. The van der Waals surface area contributed by atoms with Crippen LogP contribution < -0.4 is 4.74 Å². The van der Waals surface area contributed by atoms with Crippen LogP contribution in [0, 0.1) is 12.7 Å². The molecule has 0 fully saturated rings. The van der Waals surface area contributed by atoms with E-state index in [1.165, 1.54) is 16.4 Å². The Morgan fingerprint density at radius 3 is 2.17 bits per heavy atom. The van der Waals surface area contributed by atoms with Crippen molar-refractivity contribution in [3.8, 4) is 5.75 Å². The largest absolute Gasteiger partial charge is 0.497 e. The number of hydrogen-bond donors (Lipinski definition) is 0. The highest BCUT2D eigenvalue weighted by atomic mass is 32.2. The fraction of sp³-hybridized carbons (Fsp3) is 0.294. The van der Waals surface area contributed by atoms with Crippen LogP contribution in [0.25, 0.3) is 0 Å². The van der Waals surface area contributed by atoms with E-state index in [2.05, 4.69) is 0 Å². The number of methoxy groups -OCH3 is 1. The van der Waals surface area contributed by atoms with Crippen LogP contribution in [0.1, 0.15) is 16.7 Å². The number of aryl methyl sites for hydroxylation is 1. The van der Waals surface area contributed by atoms with Crippen LogP contribution in [0.3, 0.4) is 0 Å². The van der Waals surface area contributed by atoms with E-state index in [1.807, 2.05) is 12.1 Å². The molecule has 0 aromatic heterocycles. The van der Waals surface area contributed by atoms with Gasteiger partial charge < -0.3 is 4.74 Å². The van der Waals surface area contributed by atoms with Crippen LogP contribution in [-0.2, 0) is 23.1 Å². The van der Waals surface area contributed by atoms with Gasteiger partial charge in [-0.05, 0) is 47.9 Å². The second-order valence-electron chi connectivity index (χ2n) is 5.52. The molecule has 23 heavy (non-hydrogen) atoms. The molecule has 0 bridgehead atoms. The Balaban J connectivity index is 2.23. The SMILES string of the molecule is COc1ccc(CN(Cc2cc(C)cc(F)c2)S(C)(=O)=O)cc1. The average Bonchev–Trinajstić information content (AvgIpc) is 2.45. The molecule has 0 heterocycles. The maximum atomic E-state index is 13.5. The molecule has 2 aromatic carbocycles. The molecule has 0 aliphatic carbocycles. The Labute approximate surface area is 136 Å². The Hall–Kier alpha value is -1.92. The lowest BCUT2D eigenvalue weighted by Crippen LogP contribution is -2.29. The summed E-state index contributed by atoms with van der Waals surface area (Å²) in [6.07, 6.45) is 1.16. The van der Waals surface area contributed by atoms with Crippen molar-refractivity contribution in [3.63, 3.8) is 0 Å². The number of rotatable bonds is 6. The van der Waals surface area contributed by atoms with Crippen LogP contribution in [0.15, 0.2) is 42.5 Å². The van der Waals surface area contributed by atoms with Crippen molar-refractivity contribution < 1.29 is 17.5 Å². The lowest BCUT2D eigenvalue weighted by Gasteiger charge is -2.20. The highest BCUT2D eigenvalue weighted by Crippen LogP contribution is 2.18. The van der Waals surface area contributed by atoms with Crippen LogP contribution in [0.2, 0.25) is 0 Å². The smallest absolute Gasteiger partial charge is 0.211 e. The fourth-order valence-corrected chi connectivity index (χ4v) is 3.10. The van der Waals surface area contributed by atoms with Crippen LogP contribution in [0.4, 0.5) is 4.39 Å². The topological polar surface area (TPSA) is 46.6 Å². The molecule has 0 aliphatic rings. The molecular formula is C17H20FNO3S. The molecule has 0 saturated heterocycles. The second kappa shape index (κ2) is 7.10. The van der Waals surface area contributed by atoms with E-state index in [0.717, 1.165) is 17.4 Å². The van der Waals surface area contributed by atoms with Crippen LogP contribution >= 0.6 is 0 Å². The summed E-state index contributed by atoms with van der Waals surface area (Å²) in [5.74, 6) is 0.346. The predicted octanol–water partition coefficient (Wildman–Crippen LogP) is 3.10. The summed E-state index contributed by atoms with van der Waals surface area (Å²) < 4.78 is 44.0. The van der Waals surface area contributed by atoms with Crippen LogP contribution in [0.5, 0.6) is 5.75 Å². The first-order chi connectivity index (χ1) is 10.8. The molecule has 4 nitrogen and oxygen atoms in total. The molecule has 0 amide bonds. The van der Waals surface area contributed by atoms with Gasteiger partial charge in [-0.3, -0.25) is 0 Å². The average molecular weight is 337 g/mol. The number of halogens is 1. The number of hydrogen-bond acceptors (Lipinski definition) is 3. The maximum absolute atomic E-state index is 13.5. The van der Waals surface area contributed by atoms with E-state index >= 15 is 0 Å². The van der Waals surface area contributed by atoms with E-state index in [1.54, 1.807) is 32.2 Å². The summed E-state index contributed by atoms with van der Waals surface area (Å²) in [5, 5.41) is 0. The van der Waals surface area contributed by atoms with Crippen molar-refractivity contribution in [1.82, 2.24) is 4.31 Å². The minimum absolute atomic E-state index is 0.128. The van der Waals surface area contributed by atoms with Crippen molar-refractivity contribution in [2.45, 2.75) is 20.0 Å². The van der Waals surface area contributed by atoms with E-state index in [-0.39, 0.29) is 18.9 Å². The first-order valence-corrected chi connectivity index (χ1v) is 8.97. The molecule has 0 aliphatic heterocycles. The van der Waals surface area contributed by atoms with Gasteiger partial charge in [0.05, 0.1) is 13.4 Å². The lowest BCUT2D eigenvalue weighted by atomic mass is 10.1. The van der Waals surface area contributed by atoms with E-state index in [9.17, 15) is 12.8 Å². The highest BCUT2D eigenvalue weighted by Gasteiger charge is 2.18. The molecule has 2 rings (SSSR count). The first-order valence-electron chi connectivity index (χ1n) is 7.12. The zero-order valence-electron chi connectivity index (χ0n) is 13.4. The molecule has 0 unspecified atom stereocenters. The van der Waals surface area contributed by atoms with Gasteiger partial charge in [-0.15, -0.1) is 0 Å². The van der Waals surface area contributed by atoms with Gasteiger partial charge in [0.2, 0.25) is 10.0 Å². The minimum atomic E-state index is -3.42. The first kappa shape index (κ1) is 17.4. The van der Waals surface area contributed by atoms with Crippen molar-refractivity contribution in [1.29, 1.82) is 0 Å². The van der Waals surface area contributed by atoms with Gasteiger partial charge in [0, 0.05) is 13.1 Å². The van der Waals surface area contributed by atoms with Crippen molar-refractivity contribution in [3.05, 3.63) is 65.0 Å². The summed E-state index contributed by atoms with van der Waals surface area (Å²) in [6.45, 7) is 2.13. The molecule has 0 atom stereocenters. The quantitative estimate of drug-likeness (QED) is 0.814. The van der Waals surface area contributed by atoms with Gasteiger partial charge in [0.1, 0.15) is 11.6 Å². The summed E-state index contributed by atoms with van der Waals surface area (Å²) in [7, 11) is -1.85.